The van der Waals surface area contributed by atoms with Gasteiger partial charge in [0.2, 0.25) is 0 Å². The molecule has 0 aliphatic rings. The molecule has 5 heteroatoms. The van der Waals surface area contributed by atoms with Crippen molar-refractivity contribution < 1.29 is 9.84 Å². The molecular formula is C12H14N2O2S. The minimum absolute atomic E-state index is 0.00969. The number of methoxy groups -OCH3 is 1. The number of hydrogen-bond donors (Lipinski definition) is 2. The zero-order valence-corrected chi connectivity index (χ0v) is 10.3. The number of benzene rings is 1. The molecular weight excluding hydrogens is 236 g/mol. The topological polar surface area (TPSA) is 54.4 Å². The van der Waals surface area contributed by atoms with Gasteiger partial charge in [-0.25, -0.2) is 4.98 Å². The van der Waals surface area contributed by atoms with Crippen LogP contribution in [0.25, 0.3) is 0 Å². The number of rotatable bonds is 5. The van der Waals surface area contributed by atoms with Crippen LogP contribution in [-0.4, -0.2) is 23.8 Å². The molecule has 0 amide bonds. The molecule has 0 bridgehead atoms. The van der Waals surface area contributed by atoms with Crippen molar-refractivity contribution in [1.29, 1.82) is 0 Å². The normalized spacial score (nSPS) is 12.1. The quantitative estimate of drug-likeness (QED) is 0.855. The Kier molecular flexibility index (Phi) is 3.95. The molecule has 1 heterocycles. The van der Waals surface area contributed by atoms with Crippen LogP contribution in [0.2, 0.25) is 0 Å². The molecule has 1 atom stereocenters. The predicted molar refractivity (Wildman–Crippen MR) is 68.6 cm³/mol. The second-order valence-electron chi connectivity index (χ2n) is 3.52. The van der Waals surface area contributed by atoms with E-state index >= 15 is 0 Å². The van der Waals surface area contributed by atoms with E-state index in [1.165, 1.54) is 11.3 Å². The average Bonchev–Trinajstić information content (AvgIpc) is 2.90. The lowest BCUT2D eigenvalue weighted by molar-refractivity contribution is 0.274. The predicted octanol–water partition coefficient (Wildman–Crippen LogP) is 2.30. The largest absolute Gasteiger partial charge is 0.497 e. The Morgan fingerprint density at radius 3 is 2.71 bits per heavy atom. The number of aliphatic hydroxyl groups is 1. The van der Waals surface area contributed by atoms with Crippen molar-refractivity contribution in [2.75, 3.05) is 19.0 Å². The first-order chi connectivity index (χ1) is 8.33. The molecule has 17 heavy (non-hydrogen) atoms. The van der Waals surface area contributed by atoms with Crippen LogP contribution in [0.15, 0.2) is 35.2 Å². The summed E-state index contributed by atoms with van der Waals surface area (Å²) in [5, 5.41) is 14.5. The summed E-state index contributed by atoms with van der Waals surface area (Å²) in [5.41, 5.74) is 3.54. The third-order valence-corrected chi connectivity index (χ3v) is 3.03. The number of nitrogens with zero attached hydrogens (tertiary/aromatic N) is 1. The summed E-state index contributed by atoms with van der Waals surface area (Å²) in [4.78, 5) is 4.19. The number of nitrogens with one attached hydrogen (secondary N) is 1. The van der Waals surface area contributed by atoms with E-state index in [4.69, 9.17) is 4.74 Å². The highest BCUT2D eigenvalue weighted by Crippen LogP contribution is 2.21. The van der Waals surface area contributed by atoms with Gasteiger partial charge in [-0.05, 0) is 24.3 Å². The van der Waals surface area contributed by atoms with Gasteiger partial charge >= 0.3 is 0 Å². The van der Waals surface area contributed by atoms with Crippen LogP contribution in [0.1, 0.15) is 11.7 Å². The van der Waals surface area contributed by atoms with Gasteiger partial charge < -0.3 is 15.2 Å². The molecule has 0 saturated carbocycles. The summed E-state index contributed by atoms with van der Waals surface area (Å²) in [7, 11) is 1.63. The Balaban J connectivity index is 2.07. The molecule has 0 fully saturated rings. The van der Waals surface area contributed by atoms with Gasteiger partial charge in [-0.3, -0.25) is 0 Å². The maximum Gasteiger partial charge on any atom is 0.119 e. The van der Waals surface area contributed by atoms with Crippen LogP contribution < -0.4 is 10.1 Å². The summed E-state index contributed by atoms with van der Waals surface area (Å²) in [6.45, 7) is 0.00969. The van der Waals surface area contributed by atoms with E-state index in [2.05, 4.69) is 10.3 Å². The van der Waals surface area contributed by atoms with Gasteiger partial charge in [0.25, 0.3) is 0 Å². The molecule has 2 rings (SSSR count). The van der Waals surface area contributed by atoms with Crippen LogP contribution in [0.5, 0.6) is 5.75 Å². The Morgan fingerprint density at radius 1 is 1.41 bits per heavy atom. The van der Waals surface area contributed by atoms with Crippen LogP contribution >= 0.6 is 11.3 Å². The molecule has 0 spiro atoms. The van der Waals surface area contributed by atoms with Crippen molar-refractivity contribution in [2.45, 2.75) is 6.04 Å². The Bertz CT molecular complexity index is 442. The van der Waals surface area contributed by atoms with E-state index in [0.29, 0.717) is 0 Å². The fourth-order valence-corrected chi connectivity index (χ4v) is 2.10. The first-order valence-corrected chi connectivity index (χ1v) is 6.17. The zero-order chi connectivity index (χ0) is 12.1. The van der Waals surface area contributed by atoms with Gasteiger partial charge in [0.1, 0.15) is 5.75 Å². The van der Waals surface area contributed by atoms with Crippen LogP contribution in [0.4, 0.5) is 5.69 Å². The molecule has 0 aliphatic carbocycles. The molecule has 90 valence electrons. The molecule has 0 radical (unpaired) electrons. The zero-order valence-electron chi connectivity index (χ0n) is 9.46. The van der Waals surface area contributed by atoms with Crippen molar-refractivity contribution in [2.24, 2.45) is 0 Å². The van der Waals surface area contributed by atoms with Crippen molar-refractivity contribution in [3.05, 3.63) is 40.8 Å². The number of ether oxygens (including phenoxy) is 1. The van der Waals surface area contributed by atoms with E-state index in [0.717, 1.165) is 17.1 Å². The van der Waals surface area contributed by atoms with Crippen molar-refractivity contribution >= 4 is 17.0 Å². The van der Waals surface area contributed by atoms with E-state index in [1.807, 2.05) is 29.6 Å². The van der Waals surface area contributed by atoms with Gasteiger partial charge in [0.15, 0.2) is 0 Å². The maximum atomic E-state index is 9.34. The summed E-state index contributed by atoms with van der Waals surface area (Å²) >= 11 is 1.52. The summed E-state index contributed by atoms with van der Waals surface area (Å²) in [6, 6.07) is 7.40. The summed E-state index contributed by atoms with van der Waals surface area (Å²) in [6.07, 6.45) is 0. The highest BCUT2D eigenvalue weighted by Gasteiger charge is 2.11. The second kappa shape index (κ2) is 5.65. The number of anilines is 1. The monoisotopic (exact) mass is 250 g/mol. The molecule has 0 saturated heterocycles. The summed E-state index contributed by atoms with van der Waals surface area (Å²) < 4.78 is 5.08. The van der Waals surface area contributed by atoms with Gasteiger partial charge in [-0.2, -0.15) is 0 Å². The molecule has 1 aromatic carbocycles. The molecule has 2 aromatic rings. The van der Waals surface area contributed by atoms with Gasteiger partial charge in [0.05, 0.1) is 31.0 Å². The standard InChI is InChI=1S/C12H14N2O2S/c1-16-10-4-2-9(3-5-10)14-11(6-15)12-7-17-8-13-12/h2-5,7-8,11,14-15H,6H2,1H3. The SMILES string of the molecule is COc1ccc(NC(CO)c2cscn2)cc1. The lowest BCUT2D eigenvalue weighted by Crippen LogP contribution is -2.15. The average molecular weight is 250 g/mol. The van der Waals surface area contributed by atoms with Crippen molar-refractivity contribution in [1.82, 2.24) is 4.98 Å². The second-order valence-corrected chi connectivity index (χ2v) is 4.24. The fraction of sp³-hybridized carbons (Fsp3) is 0.250. The maximum absolute atomic E-state index is 9.34. The summed E-state index contributed by atoms with van der Waals surface area (Å²) in [5.74, 6) is 0.810. The minimum atomic E-state index is -0.172. The Hall–Kier alpha value is -1.59. The van der Waals surface area contributed by atoms with E-state index in [-0.39, 0.29) is 12.6 Å². The van der Waals surface area contributed by atoms with Crippen molar-refractivity contribution in [3.8, 4) is 5.75 Å². The number of hydrogen-bond acceptors (Lipinski definition) is 5. The van der Waals surface area contributed by atoms with Gasteiger partial charge in [-0.15, -0.1) is 11.3 Å². The minimum Gasteiger partial charge on any atom is -0.497 e. The van der Waals surface area contributed by atoms with Gasteiger partial charge in [0, 0.05) is 11.1 Å². The third-order valence-electron chi connectivity index (χ3n) is 2.42. The lowest BCUT2D eigenvalue weighted by Gasteiger charge is -2.15. The smallest absolute Gasteiger partial charge is 0.119 e. The van der Waals surface area contributed by atoms with Crippen LogP contribution in [0.3, 0.4) is 0 Å². The highest BCUT2D eigenvalue weighted by atomic mass is 32.1. The van der Waals surface area contributed by atoms with E-state index < -0.39 is 0 Å². The molecule has 0 aliphatic heterocycles. The van der Waals surface area contributed by atoms with E-state index in [9.17, 15) is 5.11 Å². The Labute approximate surface area is 104 Å². The highest BCUT2D eigenvalue weighted by molar-refractivity contribution is 7.07. The van der Waals surface area contributed by atoms with Crippen LogP contribution in [-0.2, 0) is 0 Å². The third kappa shape index (κ3) is 2.95. The van der Waals surface area contributed by atoms with Crippen molar-refractivity contribution in [3.63, 3.8) is 0 Å². The Morgan fingerprint density at radius 2 is 2.18 bits per heavy atom. The van der Waals surface area contributed by atoms with E-state index in [1.54, 1.807) is 12.6 Å². The fourth-order valence-electron chi connectivity index (χ4n) is 1.50. The number of aromatic nitrogens is 1. The molecule has 4 nitrogen and oxygen atoms in total. The number of aliphatic hydroxyl groups excluding tert-OH is 1. The van der Waals surface area contributed by atoms with Crippen LogP contribution in [0, 0.1) is 0 Å². The number of thiazole rings is 1. The van der Waals surface area contributed by atoms with Gasteiger partial charge in [-0.1, -0.05) is 0 Å². The molecule has 2 N–H and O–H groups in total. The lowest BCUT2D eigenvalue weighted by atomic mass is 10.2. The first-order valence-electron chi connectivity index (χ1n) is 5.23. The first kappa shape index (κ1) is 11.9. The molecule has 1 aromatic heterocycles. The molecule has 1 unspecified atom stereocenters.